The van der Waals surface area contributed by atoms with Crippen LogP contribution in [0.2, 0.25) is 0 Å². The van der Waals surface area contributed by atoms with Gasteiger partial charge in [0.05, 0.1) is 18.8 Å². The average Bonchev–Trinajstić information content (AvgIpc) is 2.35. The fourth-order valence-corrected chi connectivity index (χ4v) is 1.74. The molecule has 1 aromatic carbocycles. The first-order valence-electron chi connectivity index (χ1n) is 5.20. The second-order valence-corrected chi connectivity index (χ2v) is 3.56. The number of nitrogens with zero attached hydrogens (tertiary/aromatic N) is 1. The van der Waals surface area contributed by atoms with Crippen LogP contribution < -0.4 is 4.74 Å². The molecule has 16 heavy (non-hydrogen) atoms. The van der Waals surface area contributed by atoms with Gasteiger partial charge < -0.3 is 9.53 Å². The van der Waals surface area contributed by atoms with Crippen molar-refractivity contribution >= 4 is 17.2 Å². The molecule has 0 aliphatic rings. The summed E-state index contributed by atoms with van der Waals surface area (Å²) < 4.78 is 5.15. The van der Waals surface area contributed by atoms with Crippen molar-refractivity contribution in [3.05, 3.63) is 36.0 Å². The molecule has 1 heterocycles. The summed E-state index contributed by atoms with van der Waals surface area (Å²) in [5, 5.41) is 1.06. The molecule has 0 saturated heterocycles. The normalized spacial score (nSPS) is 10.3. The van der Waals surface area contributed by atoms with Crippen LogP contribution in [0.25, 0.3) is 10.9 Å². The minimum atomic E-state index is 0.538. The summed E-state index contributed by atoms with van der Waals surface area (Å²) in [6.45, 7) is 0. The molecule has 0 N–H and O–H groups in total. The number of aromatic nitrogens is 1. The zero-order chi connectivity index (χ0) is 11.4. The van der Waals surface area contributed by atoms with E-state index >= 15 is 0 Å². The maximum Gasteiger partial charge on any atom is 0.137 e. The van der Waals surface area contributed by atoms with Crippen LogP contribution in [0.5, 0.6) is 5.75 Å². The minimum Gasteiger partial charge on any atom is -0.495 e. The molecule has 2 rings (SSSR count). The predicted molar refractivity (Wildman–Crippen MR) is 62.7 cm³/mol. The van der Waals surface area contributed by atoms with Gasteiger partial charge in [-0.1, -0.05) is 12.1 Å². The molecule has 0 amide bonds. The molecule has 0 spiro atoms. The largest absolute Gasteiger partial charge is 0.495 e. The molecular formula is C13H13NO2. The lowest BCUT2D eigenvalue weighted by molar-refractivity contribution is -0.107. The SMILES string of the molecule is COc1cnc2cccc(CCC=O)c2c1. The van der Waals surface area contributed by atoms with Gasteiger partial charge in [0.1, 0.15) is 12.0 Å². The van der Waals surface area contributed by atoms with E-state index in [0.717, 1.165) is 34.9 Å². The minimum absolute atomic E-state index is 0.538. The van der Waals surface area contributed by atoms with Gasteiger partial charge in [-0.15, -0.1) is 0 Å². The topological polar surface area (TPSA) is 39.2 Å². The van der Waals surface area contributed by atoms with E-state index < -0.39 is 0 Å². The van der Waals surface area contributed by atoms with Gasteiger partial charge in [-0.05, 0) is 24.1 Å². The molecule has 3 heteroatoms. The van der Waals surface area contributed by atoms with Crippen LogP contribution in [0.1, 0.15) is 12.0 Å². The predicted octanol–water partition coefficient (Wildman–Crippen LogP) is 2.37. The number of ether oxygens (including phenoxy) is 1. The third-order valence-electron chi connectivity index (χ3n) is 2.56. The third kappa shape index (κ3) is 2.03. The quantitative estimate of drug-likeness (QED) is 0.735. The monoisotopic (exact) mass is 215 g/mol. The van der Waals surface area contributed by atoms with Crippen LogP contribution in [0.4, 0.5) is 0 Å². The Kier molecular flexibility index (Phi) is 3.15. The summed E-state index contributed by atoms with van der Waals surface area (Å²) in [5.74, 6) is 0.742. The summed E-state index contributed by atoms with van der Waals surface area (Å²) >= 11 is 0. The van der Waals surface area contributed by atoms with E-state index in [4.69, 9.17) is 4.74 Å². The Bertz CT molecular complexity index is 508. The number of rotatable bonds is 4. The Morgan fingerprint density at radius 1 is 1.44 bits per heavy atom. The number of benzene rings is 1. The first kappa shape index (κ1) is 10.6. The molecule has 0 saturated carbocycles. The van der Waals surface area contributed by atoms with Crippen molar-refractivity contribution in [1.29, 1.82) is 0 Å². The van der Waals surface area contributed by atoms with Crippen LogP contribution in [-0.4, -0.2) is 18.4 Å². The summed E-state index contributed by atoms with van der Waals surface area (Å²) in [6.07, 6.45) is 3.92. The zero-order valence-corrected chi connectivity index (χ0v) is 9.14. The summed E-state index contributed by atoms with van der Waals surface area (Å²) in [7, 11) is 1.62. The highest BCUT2D eigenvalue weighted by Gasteiger charge is 2.03. The zero-order valence-electron chi connectivity index (χ0n) is 9.14. The van der Waals surface area contributed by atoms with Gasteiger partial charge in [0, 0.05) is 11.8 Å². The van der Waals surface area contributed by atoms with E-state index in [0.29, 0.717) is 6.42 Å². The van der Waals surface area contributed by atoms with E-state index in [2.05, 4.69) is 4.98 Å². The Labute approximate surface area is 94.1 Å². The molecule has 2 aromatic rings. The molecule has 1 aromatic heterocycles. The van der Waals surface area contributed by atoms with Gasteiger partial charge in [-0.25, -0.2) is 0 Å². The van der Waals surface area contributed by atoms with Gasteiger partial charge in [-0.3, -0.25) is 4.98 Å². The lowest BCUT2D eigenvalue weighted by Gasteiger charge is -2.06. The fourth-order valence-electron chi connectivity index (χ4n) is 1.74. The number of hydrogen-bond donors (Lipinski definition) is 0. The van der Waals surface area contributed by atoms with Gasteiger partial charge in [0.15, 0.2) is 0 Å². The number of aryl methyl sites for hydroxylation is 1. The number of methoxy groups -OCH3 is 1. The van der Waals surface area contributed by atoms with E-state index in [1.54, 1.807) is 13.3 Å². The molecule has 0 fully saturated rings. The smallest absolute Gasteiger partial charge is 0.137 e. The van der Waals surface area contributed by atoms with Crippen molar-refractivity contribution < 1.29 is 9.53 Å². The lowest BCUT2D eigenvalue weighted by atomic mass is 10.0. The maximum atomic E-state index is 10.4. The van der Waals surface area contributed by atoms with Crippen molar-refractivity contribution in [2.24, 2.45) is 0 Å². The molecule has 3 nitrogen and oxygen atoms in total. The van der Waals surface area contributed by atoms with Crippen molar-refractivity contribution in [3.8, 4) is 5.75 Å². The van der Waals surface area contributed by atoms with E-state index in [9.17, 15) is 4.79 Å². The maximum absolute atomic E-state index is 10.4. The molecule has 0 aliphatic heterocycles. The highest BCUT2D eigenvalue weighted by molar-refractivity contribution is 5.83. The van der Waals surface area contributed by atoms with E-state index in [1.165, 1.54) is 0 Å². The highest BCUT2D eigenvalue weighted by atomic mass is 16.5. The number of fused-ring (bicyclic) bond motifs is 1. The number of pyridine rings is 1. The molecular weight excluding hydrogens is 202 g/mol. The highest BCUT2D eigenvalue weighted by Crippen LogP contribution is 2.22. The Morgan fingerprint density at radius 3 is 3.06 bits per heavy atom. The summed E-state index contributed by atoms with van der Waals surface area (Å²) in [6, 6.07) is 7.90. The van der Waals surface area contributed by atoms with E-state index in [-0.39, 0.29) is 0 Å². The fraction of sp³-hybridized carbons (Fsp3) is 0.231. The average molecular weight is 215 g/mol. The van der Waals surface area contributed by atoms with Crippen molar-refractivity contribution in [2.75, 3.05) is 7.11 Å². The van der Waals surface area contributed by atoms with Crippen LogP contribution in [0.3, 0.4) is 0 Å². The standard InChI is InChI=1S/C13H13NO2/c1-16-11-8-12-10(5-3-7-15)4-2-6-13(12)14-9-11/h2,4,6-9H,3,5H2,1H3. The Morgan fingerprint density at radius 2 is 2.31 bits per heavy atom. The number of carbonyl (C=O) groups excluding carboxylic acids is 1. The van der Waals surface area contributed by atoms with Gasteiger partial charge in [0.2, 0.25) is 0 Å². The van der Waals surface area contributed by atoms with Crippen LogP contribution in [0, 0.1) is 0 Å². The molecule has 0 unspecified atom stereocenters. The van der Waals surface area contributed by atoms with Crippen LogP contribution in [-0.2, 0) is 11.2 Å². The molecule has 0 radical (unpaired) electrons. The number of aldehydes is 1. The number of hydrogen-bond acceptors (Lipinski definition) is 3. The van der Waals surface area contributed by atoms with Gasteiger partial charge >= 0.3 is 0 Å². The molecule has 0 bridgehead atoms. The van der Waals surface area contributed by atoms with Crippen molar-refractivity contribution in [2.45, 2.75) is 12.8 Å². The van der Waals surface area contributed by atoms with Crippen LogP contribution >= 0.6 is 0 Å². The van der Waals surface area contributed by atoms with E-state index in [1.807, 2.05) is 24.3 Å². The summed E-state index contributed by atoms with van der Waals surface area (Å²) in [4.78, 5) is 14.7. The first-order valence-corrected chi connectivity index (χ1v) is 5.20. The van der Waals surface area contributed by atoms with Gasteiger partial charge in [-0.2, -0.15) is 0 Å². The Balaban J connectivity index is 2.50. The van der Waals surface area contributed by atoms with Crippen LogP contribution in [0.15, 0.2) is 30.5 Å². The number of carbonyl (C=O) groups is 1. The Hall–Kier alpha value is -1.90. The molecule has 0 atom stereocenters. The second kappa shape index (κ2) is 4.75. The van der Waals surface area contributed by atoms with Gasteiger partial charge in [0.25, 0.3) is 0 Å². The first-order chi connectivity index (χ1) is 7.85. The molecule has 82 valence electrons. The summed E-state index contributed by atoms with van der Waals surface area (Å²) in [5.41, 5.74) is 2.07. The lowest BCUT2D eigenvalue weighted by Crippen LogP contribution is -1.91. The van der Waals surface area contributed by atoms with Crippen molar-refractivity contribution in [1.82, 2.24) is 4.98 Å². The molecule has 0 aliphatic carbocycles. The van der Waals surface area contributed by atoms with Crippen molar-refractivity contribution in [3.63, 3.8) is 0 Å². The third-order valence-corrected chi connectivity index (χ3v) is 2.56. The second-order valence-electron chi connectivity index (χ2n) is 3.56.